The minimum atomic E-state index is -3.63. The lowest BCUT2D eigenvalue weighted by Gasteiger charge is -2.28. The third-order valence-electron chi connectivity index (χ3n) is 19.4. The van der Waals surface area contributed by atoms with Gasteiger partial charge in [0.25, 0.3) is 0 Å². The summed E-state index contributed by atoms with van der Waals surface area (Å²) in [7, 11) is -26.1. The number of hydrazone groups is 8. The van der Waals surface area contributed by atoms with Crippen LogP contribution in [-0.2, 0) is 84.5 Å². The Bertz CT molecular complexity index is 5910. The summed E-state index contributed by atoms with van der Waals surface area (Å²) in [5.41, 5.74) is 24.4. The number of sulfone groups is 8. The molecule has 3 aromatic carbocycles. The first-order chi connectivity index (χ1) is 61.6. The summed E-state index contributed by atoms with van der Waals surface area (Å²) in [6.45, 7) is 21.3. The van der Waals surface area contributed by atoms with E-state index in [1.54, 1.807) is 118 Å². The van der Waals surface area contributed by atoms with E-state index >= 15 is 0 Å². The van der Waals surface area contributed by atoms with Gasteiger partial charge >= 0.3 is 48.2 Å². The van der Waals surface area contributed by atoms with E-state index in [9.17, 15) is 106 Å². The number of carbonyl (C=O) groups excluding carboxylic acids is 8. The highest BCUT2D eigenvalue weighted by Gasteiger charge is 2.39. The Morgan fingerprint density at radius 2 is 0.606 bits per heavy atom. The van der Waals surface area contributed by atoms with Crippen LogP contribution in [0.15, 0.2) is 119 Å². The lowest BCUT2D eigenvalue weighted by atomic mass is 10.0. The van der Waals surface area contributed by atoms with Gasteiger partial charge in [-0.15, -0.1) is 0 Å². The number of amides is 16. The first-order valence-electron chi connectivity index (χ1n) is 41.4. The Morgan fingerprint density at radius 3 is 0.939 bits per heavy atom. The number of fused-ring (bicyclic) bond motifs is 1. The van der Waals surface area contributed by atoms with Gasteiger partial charge in [0, 0.05) is 17.4 Å². The number of hydrogen-bond acceptors (Lipinski definition) is 32. The minimum Gasteiger partial charge on any atom is -0.303 e. The van der Waals surface area contributed by atoms with Crippen LogP contribution in [0.25, 0.3) is 10.8 Å². The molecule has 132 heavy (non-hydrogen) atoms. The van der Waals surface area contributed by atoms with Crippen molar-refractivity contribution in [2.24, 2.45) is 40.8 Å². The molecule has 2 saturated carbocycles. The van der Waals surface area contributed by atoms with E-state index in [0.717, 1.165) is 63.0 Å². The second-order valence-electron chi connectivity index (χ2n) is 32.2. The Labute approximate surface area is 770 Å². The average molecular weight is 2010 g/mol. The molecule has 0 radical (unpaired) electrons. The van der Waals surface area contributed by atoms with Gasteiger partial charge in [0.2, 0.25) is 0 Å². The summed E-state index contributed by atoms with van der Waals surface area (Å²) in [5.74, 6) is -1.87. The van der Waals surface area contributed by atoms with Crippen LogP contribution >= 0.6 is 0 Å². The topological polar surface area (TPSA) is 631 Å². The van der Waals surface area contributed by atoms with Crippen LogP contribution in [0.1, 0.15) is 146 Å². The molecule has 8 heterocycles. The maximum atomic E-state index is 12.7. The van der Waals surface area contributed by atoms with Gasteiger partial charge in [-0.05, 0) is 111 Å². The van der Waals surface area contributed by atoms with E-state index in [2.05, 4.69) is 84.2 Å². The molecule has 48 nitrogen and oxygen atoms in total. The van der Waals surface area contributed by atoms with Gasteiger partial charge in [0.15, 0.2) is 78.7 Å². The monoisotopic (exact) mass is 2010 g/mol. The lowest BCUT2D eigenvalue weighted by molar-refractivity contribution is 0.208. The highest BCUT2D eigenvalue weighted by Crippen LogP contribution is 2.30. The number of benzene rings is 3. The highest BCUT2D eigenvalue weighted by atomic mass is 32.2. The Kier molecular flexibility index (Phi) is 41.3. The molecule has 10 aliphatic rings. The Morgan fingerprint density at radius 1 is 0.311 bits per heavy atom. The van der Waals surface area contributed by atoms with Crippen molar-refractivity contribution in [2.45, 2.75) is 162 Å². The molecular formula is C76H118N24O24S8. The van der Waals surface area contributed by atoms with Gasteiger partial charge in [-0.25, -0.2) is 149 Å². The SMILES string of the molecule is CC1=NNC(=O)N(CS(=O)(=O)C2CC2)C1.CC1=NNC(=O)N(CS(=O)(=O)C2CCCCC2)C1.CC1=NNC(=O)N(CS(=O)(=O)Cc2ccccc2)C1.CC1=NNC(=O)N(CS(=O)(=O)c2cccc3ccccc23)C1.CC1=NNC(=O)N(CS(C)(=O)=O)C1.CCCCS(=O)(=O)CN1CC(C)=NNC1=O.CCCS(=O)(=O)CN1CC(C)=NNC1=O.CCS(=O)(=O)CN1CC(C)=NNC1=O. The van der Waals surface area contributed by atoms with Crippen molar-refractivity contribution in [3.05, 3.63) is 78.4 Å². The van der Waals surface area contributed by atoms with Crippen LogP contribution < -0.4 is 43.4 Å². The fraction of sp³-hybridized carbons (Fsp3) is 0.579. The maximum absolute atomic E-state index is 12.7. The zero-order chi connectivity index (χ0) is 98.3. The first-order valence-corrected chi connectivity index (χ1v) is 55.9. The molecule has 0 aromatic heterocycles. The molecule has 0 atom stereocenters. The maximum Gasteiger partial charge on any atom is 0.339 e. The largest absolute Gasteiger partial charge is 0.339 e. The van der Waals surface area contributed by atoms with Gasteiger partial charge in [0.05, 0.1) is 131 Å². The van der Waals surface area contributed by atoms with E-state index in [-0.39, 0.29) is 138 Å². The fourth-order valence-electron chi connectivity index (χ4n) is 12.9. The molecule has 0 bridgehead atoms. The third-order valence-corrected chi connectivity index (χ3v) is 32.6. The molecule has 0 unspecified atom stereocenters. The summed E-state index contributed by atoms with van der Waals surface area (Å²) in [4.78, 5) is 101. The van der Waals surface area contributed by atoms with E-state index in [4.69, 9.17) is 0 Å². The summed E-state index contributed by atoms with van der Waals surface area (Å²) in [6, 6.07) is 17.6. The molecule has 0 spiro atoms. The average Bonchev–Trinajstić information content (AvgIpc) is 1.16. The summed E-state index contributed by atoms with van der Waals surface area (Å²) in [6.07, 6.45) is 9.06. The van der Waals surface area contributed by atoms with Crippen molar-refractivity contribution in [3.8, 4) is 0 Å². The van der Waals surface area contributed by atoms with Gasteiger partial charge in [0.1, 0.15) is 47.0 Å². The standard InChI is InChI=1S/C15H15N3O3S.C12H15N3O3S.C11H19N3O3S.C9H17N3O3S.C8H13N3O3S.C8H15N3O3S.C7H13N3O3S.C6H11N3O3S/c1-11-9-18(15(19)17-16-11)10-22(20,21)14-8-4-6-12-5-2-3-7-13(12)14;1-10-7-15(12(16)14-13-10)9-19(17,18)8-11-5-3-2-4-6-11;1-9-7-14(11(15)13-12-9)8-18(16,17)10-5-3-2-4-6-10;1-3-4-5-16(14,15)7-12-6-8(2)10-11-9(12)13;1-6-4-11(8(12)10-9-6)5-15(13,14)7-2-3-7;1-3-4-15(13,14)6-11-5-7(2)9-10-8(11)12;1-3-14(12,13)5-10-4-6(2)8-9-7(10)11;1-5-3-9(4-13(2,11)12)6(10)8-7-5/h2-8H,9-10H2,1H3,(H,17,19);2-6H,7-9H2,1H3,(H,14,16);10H,2-8H2,1H3,(H,13,15);3-7H2,1-2H3,(H,11,13);7H,2-5H2,1H3,(H,10,12);3-6H2,1-2H3,(H,10,12);3-5H2,1-2H3,(H,9,11);3-4H2,1-2H3,(H,8,10). The molecule has 734 valence electrons. The van der Waals surface area contributed by atoms with E-state index in [0.29, 0.717) is 69.5 Å². The lowest BCUT2D eigenvalue weighted by Crippen LogP contribution is -2.48. The Balaban J connectivity index is 0.000000233. The van der Waals surface area contributed by atoms with E-state index in [1.807, 2.05) is 31.2 Å². The van der Waals surface area contributed by atoms with Crippen molar-refractivity contribution in [1.29, 1.82) is 0 Å². The number of nitrogens with zero attached hydrogens (tertiary/aromatic N) is 16. The van der Waals surface area contributed by atoms with E-state index in [1.165, 1.54) is 39.2 Å². The molecule has 8 N–H and O–H groups in total. The molecule has 2 fully saturated rings. The van der Waals surface area contributed by atoms with Crippen LogP contribution in [0.3, 0.4) is 0 Å². The molecule has 0 saturated heterocycles. The van der Waals surface area contributed by atoms with Crippen LogP contribution in [0.4, 0.5) is 38.4 Å². The van der Waals surface area contributed by atoms with Crippen LogP contribution in [0.5, 0.6) is 0 Å². The van der Waals surface area contributed by atoms with Gasteiger partial charge < -0.3 is 39.2 Å². The zero-order valence-corrected chi connectivity index (χ0v) is 82.0. The van der Waals surface area contributed by atoms with Gasteiger partial charge in [-0.2, -0.15) is 40.8 Å². The van der Waals surface area contributed by atoms with Gasteiger partial charge in [-0.1, -0.05) is 113 Å². The van der Waals surface area contributed by atoms with E-state index < -0.39 is 127 Å². The van der Waals surface area contributed by atoms with Crippen molar-refractivity contribution < 1.29 is 106 Å². The first kappa shape index (κ1) is 110. The summed E-state index contributed by atoms with van der Waals surface area (Å²) >= 11 is 0. The molecular weight excluding hydrogens is 1890 g/mol. The van der Waals surface area contributed by atoms with Crippen molar-refractivity contribution >= 4 is 183 Å². The number of urea groups is 8. The third kappa shape index (κ3) is 38.3. The normalized spacial score (nSPS) is 18.2. The predicted octanol–water partition coefficient (Wildman–Crippen LogP) is 3.85. The number of hydrogen-bond donors (Lipinski definition) is 8. The second-order valence-corrected chi connectivity index (χ2v) is 49.4. The van der Waals surface area contributed by atoms with Crippen LogP contribution in [0.2, 0.25) is 0 Å². The molecule has 3 aromatic rings. The Hall–Kier alpha value is -11.0. The van der Waals surface area contributed by atoms with Crippen molar-refractivity contribution in [2.75, 3.05) is 123 Å². The summed E-state index contributed by atoms with van der Waals surface area (Å²) < 4.78 is 188. The smallest absolute Gasteiger partial charge is 0.303 e. The quantitative estimate of drug-likeness (QED) is 0.0537. The number of rotatable bonds is 27. The van der Waals surface area contributed by atoms with Crippen molar-refractivity contribution in [1.82, 2.24) is 82.6 Å². The summed E-state index contributed by atoms with van der Waals surface area (Å²) in [5, 5.41) is 30.9. The second kappa shape index (κ2) is 49.7. The number of unbranched alkanes of at least 4 members (excludes halogenated alkanes) is 1. The highest BCUT2D eigenvalue weighted by molar-refractivity contribution is 7.93. The van der Waals surface area contributed by atoms with Crippen LogP contribution in [-0.4, -0.2) is 334 Å². The molecule has 8 aliphatic heterocycles. The van der Waals surface area contributed by atoms with Crippen molar-refractivity contribution in [3.63, 3.8) is 0 Å². The van der Waals surface area contributed by atoms with Gasteiger partial charge in [-0.3, -0.25) is 0 Å². The molecule has 13 rings (SSSR count). The molecule has 16 amide bonds. The van der Waals surface area contributed by atoms with Crippen LogP contribution in [0, 0.1) is 0 Å². The zero-order valence-electron chi connectivity index (χ0n) is 75.5. The fourth-order valence-corrected chi connectivity index (χ4v) is 24.1. The molecule has 2 aliphatic carbocycles. The number of carbonyl (C=O) groups is 8. The predicted molar refractivity (Wildman–Crippen MR) is 501 cm³/mol. The minimum absolute atomic E-state index is 0.0347. The number of nitrogens with one attached hydrogen (secondary N) is 8. The molecule has 56 heteroatoms.